The summed E-state index contributed by atoms with van der Waals surface area (Å²) in [5, 5.41) is 9.89. The van der Waals surface area contributed by atoms with Crippen molar-refractivity contribution in [3.63, 3.8) is 0 Å². The Bertz CT molecular complexity index is 537. The molecule has 1 saturated carbocycles. The first-order valence-electron chi connectivity index (χ1n) is 6.87. The summed E-state index contributed by atoms with van der Waals surface area (Å²) >= 11 is 0. The van der Waals surface area contributed by atoms with Crippen LogP contribution in [0.2, 0.25) is 0 Å². The molecule has 0 aromatic carbocycles. The molecule has 2 fully saturated rings. The molecule has 1 aliphatic carbocycles. The molecule has 0 radical (unpaired) electrons. The summed E-state index contributed by atoms with van der Waals surface area (Å²) in [6.45, 7) is 1.16. The van der Waals surface area contributed by atoms with E-state index in [1.807, 2.05) is 0 Å². The summed E-state index contributed by atoms with van der Waals surface area (Å²) in [7, 11) is 0. The van der Waals surface area contributed by atoms with Gasteiger partial charge in [0, 0.05) is 19.0 Å². The fourth-order valence-corrected chi connectivity index (χ4v) is 3.34. The minimum Gasteiger partial charge on any atom is -0.393 e. The van der Waals surface area contributed by atoms with Gasteiger partial charge in [0.1, 0.15) is 11.6 Å². The highest BCUT2D eigenvalue weighted by molar-refractivity contribution is 5.51. The minimum absolute atomic E-state index is 0.0163. The molecule has 3 atom stereocenters. The number of hydrazine groups is 1. The monoisotopic (exact) mass is 302 g/mol. The van der Waals surface area contributed by atoms with Crippen LogP contribution in [0, 0.1) is 11.8 Å². The largest absolute Gasteiger partial charge is 0.416 e. The molecule has 4 N–H and O–H groups in total. The van der Waals surface area contributed by atoms with Crippen LogP contribution in [0.25, 0.3) is 0 Å². The van der Waals surface area contributed by atoms with E-state index >= 15 is 0 Å². The second kappa shape index (κ2) is 5.03. The molecule has 2 aliphatic rings. The molecule has 116 valence electrons. The molecule has 1 saturated heterocycles. The summed E-state index contributed by atoms with van der Waals surface area (Å²) in [5.74, 6) is 5.88. The molecular formula is C13H17F3N4O. The Kier molecular flexibility index (Phi) is 3.45. The summed E-state index contributed by atoms with van der Waals surface area (Å²) in [6, 6.07) is 1.92. The highest BCUT2D eigenvalue weighted by Gasteiger charge is 2.42. The number of hydrogen-bond donors (Lipinski definition) is 3. The van der Waals surface area contributed by atoms with Crippen molar-refractivity contribution >= 4 is 11.6 Å². The first-order chi connectivity index (χ1) is 9.88. The van der Waals surface area contributed by atoms with Crippen molar-refractivity contribution in [2.75, 3.05) is 23.4 Å². The number of anilines is 2. The van der Waals surface area contributed by atoms with Crippen LogP contribution in [0.15, 0.2) is 12.1 Å². The average Bonchev–Trinajstić information content (AvgIpc) is 3.00. The Morgan fingerprint density at radius 2 is 2.05 bits per heavy atom. The van der Waals surface area contributed by atoms with Gasteiger partial charge in [-0.15, -0.1) is 0 Å². The predicted molar refractivity (Wildman–Crippen MR) is 71.5 cm³/mol. The van der Waals surface area contributed by atoms with Crippen LogP contribution in [0.1, 0.15) is 18.4 Å². The third-order valence-electron chi connectivity index (χ3n) is 4.43. The summed E-state index contributed by atoms with van der Waals surface area (Å²) in [5.41, 5.74) is 1.40. The fourth-order valence-electron chi connectivity index (χ4n) is 3.34. The second-order valence-electron chi connectivity index (χ2n) is 5.71. The van der Waals surface area contributed by atoms with Crippen LogP contribution in [0.3, 0.4) is 0 Å². The lowest BCUT2D eigenvalue weighted by Crippen LogP contribution is -2.26. The summed E-state index contributed by atoms with van der Waals surface area (Å²) in [6.07, 6.45) is -3.13. The van der Waals surface area contributed by atoms with Gasteiger partial charge in [-0.2, -0.15) is 13.2 Å². The molecule has 2 heterocycles. The molecule has 0 bridgehead atoms. The third-order valence-corrected chi connectivity index (χ3v) is 4.43. The van der Waals surface area contributed by atoms with Gasteiger partial charge < -0.3 is 15.4 Å². The Balaban J connectivity index is 1.89. The molecule has 8 heteroatoms. The lowest BCUT2D eigenvalue weighted by Gasteiger charge is -2.21. The van der Waals surface area contributed by atoms with Gasteiger partial charge >= 0.3 is 6.18 Å². The van der Waals surface area contributed by atoms with E-state index < -0.39 is 11.7 Å². The maximum atomic E-state index is 12.9. The number of aromatic nitrogens is 1. The Labute approximate surface area is 119 Å². The Hall–Kier alpha value is -1.54. The Morgan fingerprint density at radius 3 is 2.67 bits per heavy atom. The first kappa shape index (κ1) is 14.4. The van der Waals surface area contributed by atoms with Crippen LogP contribution in [-0.2, 0) is 6.18 Å². The van der Waals surface area contributed by atoms with Gasteiger partial charge in [-0.05, 0) is 30.9 Å². The zero-order valence-corrected chi connectivity index (χ0v) is 11.3. The van der Waals surface area contributed by atoms with E-state index in [-0.39, 0.29) is 23.7 Å². The minimum atomic E-state index is -4.45. The number of rotatable bonds is 2. The SMILES string of the molecule is NNc1cc(C(F)(F)F)cc(N2CC3CCC(O)C3C2)n1. The second-order valence-corrected chi connectivity index (χ2v) is 5.71. The van der Waals surface area contributed by atoms with Crippen molar-refractivity contribution in [1.29, 1.82) is 0 Å². The molecule has 1 aromatic heterocycles. The number of fused-ring (bicyclic) bond motifs is 1. The molecule has 0 amide bonds. The van der Waals surface area contributed by atoms with E-state index in [1.165, 1.54) is 0 Å². The number of aliphatic hydroxyl groups is 1. The normalized spacial score (nSPS) is 28.8. The van der Waals surface area contributed by atoms with E-state index in [0.29, 0.717) is 19.0 Å². The number of nitrogens with two attached hydrogens (primary N) is 1. The quantitative estimate of drug-likeness (QED) is 0.571. The van der Waals surface area contributed by atoms with Crippen LogP contribution in [0.4, 0.5) is 24.8 Å². The van der Waals surface area contributed by atoms with E-state index in [0.717, 1.165) is 25.0 Å². The molecule has 3 rings (SSSR count). The maximum absolute atomic E-state index is 12.9. The van der Waals surface area contributed by atoms with Crippen molar-refractivity contribution in [3.05, 3.63) is 17.7 Å². The van der Waals surface area contributed by atoms with Crippen LogP contribution in [-0.4, -0.2) is 29.3 Å². The number of nitrogen functional groups attached to an aromatic ring is 1. The van der Waals surface area contributed by atoms with Gasteiger partial charge in [0.05, 0.1) is 11.7 Å². The van der Waals surface area contributed by atoms with Crippen LogP contribution >= 0.6 is 0 Å². The standard InChI is InChI=1S/C13H17F3N4O/c14-13(15,16)8-3-11(19-17)18-12(4-8)20-5-7-1-2-10(21)9(7)6-20/h3-4,7,9-10,21H,1-2,5-6,17H2,(H,18,19). The van der Waals surface area contributed by atoms with E-state index in [4.69, 9.17) is 5.84 Å². The molecule has 1 aromatic rings. The third kappa shape index (κ3) is 2.65. The average molecular weight is 302 g/mol. The van der Waals surface area contributed by atoms with E-state index in [2.05, 4.69) is 10.4 Å². The Morgan fingerprint density at radius 1 is 1.29 bits per heavy atom. The summed E-state index contributed by atoms with van der Waals surface area (Å²) < 4.78 is 38.7. The maximum Gasteiger partial charge on any atom is 0.416 e. The van der Waals surface area contributed by atoms with Crippen molar-refractivity contribution in [2.24, 2.45) is 17.7 Å². The van der Waals surface area contributed by atoms with Crippen LogP contribution < -0.4 is 16.2 Å². The van der Waals surface area contributed by atoms with Crippen LogP contribution in [0.5, 0.6) is 0 Å². The van der Waals surface area contributed by atoms with Gasteiger partial charge in [-0.3, -0.25) is 0 Å². The van der Waals surface area contributed by atoms with Gasteiger partial charge in [0.2, 0.25) is 0 Å². The highest BCUT2D eigenvalue weighted by Crippen LogP contribution is 2.40. The highest BCUT2D eigenvalue weighted by atomic mass is 19.4. The van der Waals surface area contributed by atoms with Crippen molar-refractivity contribution in [3.8, 4) is 0 Å². The number of pyridine rings is 1. The van der Waals surface area contributed by atoms with E-state index in [1.54, 1.807) is 4.90 Å². The molecule has 1 aliphatic heterocycles. The van der Waals surface area contributed by atoms with Gasteiger partial charge in [-0.25, -0.2) is 10.8 Å². The fraction of sp³-hybridized carbons (Fsp3) is 0.615. The molecular weight excluding hydrogens is 285 g/mol. The molecule has 3 unspecified atom stereocenters. The number of nitrogens with one attached hydrogen (secondary N) is 1. The van der Waals surface area contributed by atoms with Gasteiger partial charge in [0.25, 0.3) is 0 Å². The zero-order valence-electron chi connectivity index (χ0n) is 11.3. The lowest BCUT2D eigenvalue weighted by molar-refractivity contribution is -0.137. The number of alkyl halides is 3. The number of aliphatic hydroxyl groups excluding tert-OH is 1. The zero-order chi connectivity index (χ0) is 15.2. The molecule has 0 spiro atoms. The number of hydrogen-bond acceptors (Lipinski definition) is 5. The van der Waals surface area contributed by atoms with Gasteiger partial charge in [0.15, 0.2) is 0 Å². The number of nitrogens with zero attached hydrogens (tertiary/aromatic N) is 2. The smallest absolute Gasteiger partial charge is 0.393 e. The van der Waals surface area contributed by atoms with Crippen molar-refractivity contribution in [1.82, 2.24) is 4.98 Å². The predicted octanol–water partition coefficient (Wildman–Crippen LogP) is 1.59. The van der Waals surface area contributed by atoms with Gasteiger partial charge in [-0.1, -0.05) is 0 Å². The molecule has 21 heavy (non-hydrogen) atoms. The first-order valence-corrected chi connectivity index (χ1v) is 6.87. The summed E-state index contributed by atoms with van der Waals surface area (Å²) in [4.78, 5) is 5.91. The lowest BCUT2D eigenvalue weighted by atomic mass is 10.00. The van der Waals surface area contributed by atoms with Crippen molar-refractivity contribution in [2.45, 2.75) is 25.1 Å². The topological polar surface area (TPSA) is 74.4 Å². The van der Waals surface area contributed by atoms with Crippen molar-refractivity contribution < 1.29 is 18.3 Å². The van der Waals surface area contributed by atoms with E-state index in [9.17, 15) is 18.3 Å². The molecule has 5 nitrogen and oxygen atoms in total. The number of halogens is 3.